The van der Waals surface area contributed by atoms with Gasteiger partial charge in [-0.25, -0.2) is 23.1 Å². The quantitative estimate of drug-likeness (QED) is 0.609. The first-order valence-electron chi connectivity index (χ1n) is 9.54. The summed E-state index contributed by atoms with van der Waals surface area (Å²) >= 11 is 0. The fraction of sp³-hybridized carbons (Fsp3) is 0.300. The van der Waals surface area contributed by atoms with Crippen molar-refractivity contribution in [3.8, 4) is 11.3 Å². The molecule has 3 heterocycles. The Balaban J connectivity index is 1.76. The van der Waals surface area contributed by atoms with Crippen molar-refractivity contribution in [1.29, 1.82) is 0 Å². The molecule has 1 aromatic carbocycles. The highest BCUT2D eigenvalue weighted by atomic mass is 32.2. The average Bonchev–Trinajstić information content (AvgIpc) is 3.30. The molecule has 164 valence electrons. The van der Waals surface area contributed by atoms with E-state index in [4.69, 9.17) is 0 Å². The zero-order chi connectivity index (χ0) is 22.4. The number of nitrogens with zero attached hydrogens (tertiary/aromatic N) is 3. The summed E-state index contributed by atoms with van der Waals surface area (Å²) in [5.74, 6) is 1.10. The number of sulfonamides is 1. The lowest BCUT2D eigenvalue weighted by molar-refractivity contribution is -0.137. The van der Waals surface area contributed by atoms with E-state index in [0.29, 0.717) is 16.9 Å². The third-order valence-corrected chi connectivity index (χ3v) is 6.68. The van der Waals surface area contributed by atoms with Gasteiger partial charge >= 0.3 is 6.18 Å². The number of aryl methyl sites for hydroxylation is 1. The molecule has 3 aromatic rings. The van der Waals surface area contributed by atoms with Gasteiger partial charge in [0, 0.05) is 36.1 Å². The Morgan fingerprint density at radius 1 is 1.19 bits per heavy atom. The van der Waals surface area contributed by atoms with Crippen molar-refractivity contribution in [2.45, 2.75) is 36.9 Å². The number of halogens is 3. The molecular weight excluding hydrogens is 431 g/mol. The standard InChI is InChI=1S/C20H20F3N5O2S/c1-12-3-8-19-27-17(11-28(12)19)15-9-14(31(29,30)24-2)5-6-16(15)26-18-7-4-13(10-25-18)20(21,22)23/h4-7,9-12,24H,3,8H2,1-2H3,(H,25,26). The summed E-state index contributed by atoms with van der Waals surface area (Å²) < 4.78 is 67.3. The molecule has 0 saturated carbocycles. The van der Waals surface area contributed by atoms with Gasteiger partial charge in [0.05, 0.1) is 16.2 Å². The normalized spacial score (nSPS) is 16.4. The Hall–Kier alpha value is -2.92. The summed E-state index contributed by atoms with van der Waals surface area (Å²) in [7, 11) is -2.38. The van der Waals surface area contributed by atoms with Crippen LogP contribution in [0.15, 0.2) is 47.6 Å². The molecule has 1 aliphatic heterocycles. The van der Waals surface area contributed by atoms with Crippen LogP contribution in [0, 0.1) is 0 Å². The van der Waals surface area contributed by atoms with Crippen LogP contribution in [0.1, 0.15) is 30.8 Å². The molecular formula is C20H20F3N5O2S. The van der Waals surface area contributed by atoms with E-state index < -0.39 is 21.8 Å². The molecule has 0 fully saturated rings. The molecule has 1 aliphatic rings. The smallest absolute Gasteiger partial charge is 0.340 e. The highest BCUT2D eigenvalue weighted by Crippen LogP contribution is 2.35. The minimum atomic E-state index is -4.48. The van der Waals surface area contributed by atoms with Gasteiger partial charge in [0.15, 0.2) is 0 Å². The summed E-state index contributed by atoms with van der Waals surface area (Å²) in [5.41, 5.74) is 0.705. The summed E-state index contributed by atoms with van der Waals surface area (Å²) in [6, 6.07) is 6.89. The molecule has 0 saturated heterocycles. The molecule has 31 heavy (non-hydrogen) atoms. The van der Waals surface area contributed by atoms with Gasteiger partial charge in [-0.05, 0) is 50.7 Å². The van der Waals surface area contributed by atoms with Crippen LogP contribution in [0.5, 0.6) is 0 Å². The molecule has 0 amide bonds. The van der Waals surface area contributed by atoms with E-state index in [9.17, 15) is 21.6 Å². The third-order valence-electron chi connectivity index (χ3n) is 5.27. The Bertz CT molecular complexity index is 1220. The van der Waals surface area contributed by atoms with E-state index in [2.05, 4.69) is 31.5 Å². The average molecular weight is 451 g/mol. The lowest BCUT2D eigenvalue weighted by atomic mass is 10.1. The first-order valence-corrected chi connectivity index (χ1v) is 11.0. The number of fused-ring (bicyclic) bond motifs is 1. The number of benzene rings is 1. The van der Waals surface area contributed by atoms with Crippen LogP contribution in [0.4, 0.5) is 24.7 Å². The number of hydrogen-bond donors (Lipinski definition) is 2. The van der Waals surface area contributed by atoms with Crippen molar-refractivity contribution in [2.24, 2.45) is 0 Å². The third kappa shape index (κ3) is 4.15. The second-order valence-corrected chi connectivity index (χ2v) is 9.19. The number of pyridine rings is 1. The van der Waals surface area contributed by atoms with Crippen molar-refractivity contribution in [1.82, 2.24) is 19.3 Å². The van der Waals surface area contributed by atoms with Gasteiger partial charge in [-0.15, -0.1) is 0 Å². The number of anilines is 2. The predicted octanol–water partition coefficient (Wildman–Crippen LogP) is 4.12. The fourth-order valence-corrected chi connectivity index (χ4v) is 4.26. The molecule has 0 spiro atoms. The lowest BCUT2D eigenvalue weighted by Gasteiger charge is -2.13. The Kier molecular flexibility index (Phi) is 5.26. The molecule has 2 aromatic heterocycles. The van der Waals surface area contributed by atoms with Gasteiger partial charge in [-0.1, -0.05) is 0 Å². The summed E-state index contributed by atoms with van der Waals surface area (Å²) in [4.78, 5) is 8.54. The Labute approximate surface area is 177 Å². The van der Waals surface area contributed by atoms with Crippen molar-refractivity contribution >= 4 is 21.5 Å². The summed E-state index contributed by atoms with van der Waals surface area (Å²) in [6.07, 6.45) is -0.0675. The van der Waals surface area contributed by atoms with Crippen LogP contribution in [-0.4, -0.2) is 30.0 Å². The molecule has 0 bridgehead atoms. The number of rotatable bonds is 5. The van der Waals surface area contributed by atoms with Crippen LogP contribution >= 0.6 is 0 Å². The van der Waals surface area contributed by atoms with Gasteiger partial charge < -0.3 is 9.88 Å². The topological polar surface area (TPSA) is 88.9 Å². The second kappa shape index (κ2) is 7.65. The molecule has 11 heteroatoms. The van der Waals surface area contributed by atoms with Gasteiger partial charge in [0.1, 0.15) is 11.6 Å². The number of hydrogen-bond acceptors (Lipinski definition) is 5. The van der Waals surface area contributed by atoms with Gasteiger partial charge in [-0.2, -0.15) is 13.2 Å². The number of imidazole rings is 1. The van der Waals surface area contributed by atoms with Crippen molar-refractivity contribution < 1.29 is 21.6 Å². The lowest BCUT2D eigenvalue weighted by Crippen LogP contribution is -2.18. The second-order valence-electron chi connectivity index (χ2n) is 7.31. The maximum Gasteiger partial charge on any atom is 0.417 e. The number of aromatic nitrogens is 3. The van der Waals surface area contributed by atoms with Crippen LogP contribution in [0.2, 0.25) is 0 Å². The van der Waals surface area contributed by atoms with E-state index in [-0.39, 0.29) is 16.8 Å². The van der Waals surface area contributed by atoms with E-state index in [1.165, 1.54) is 25.2 Å². The minimum Gasteiger partial charge on any atom is -0.340 e. The zero-order valence-corrected chi connectivity index (χ0v) is 17.5. The van der Waals surface area contributed by atoms with Crippen LogP contribution < -0.4 is 10.0 Å². The molecule has 0 aliphatic carbocycles. The van der Waals surface area contributed by atoms with Crippen molar-refractivity contribution in [3.05, 3.63) is 54.1 Å². The van der Waals surface area contributed by atoms with Gasteiger partial charge in [0.2, 0.25) is 10.0 Å². The maximum atomic E-state index is 12.8. The van der Waals surface area contributed by atoms with E-state index in [1.807, 2.05) is 6.20 Å². The molecule has 7 nitrogen and oxygen atoms in total. The molecule has 4 rings (SSSR count). The van der Waals surface area contributed by atoms with Gasteiger partial charge in [0.25, 0.3) is 0 Å². The van der Waals surface area contributed by atoms with E-state index in [1.54, 1.807) is 6.07 Å². The molecule has 1 atom stereocenters. The molecule has 2 N–H and O–H groups in total. The predicted molar refractivity (Wildman–Crippen MR) is 109 cm³/mol. The highest BCUT2D eigenvalue weighted by molar-refractivity contribution is 7.89. The number of alkyl halides is 3. The molecule has 0 radical (unpaired) electrons. The highest BCUT2D eigenvalue weighted by Gasteiger charge is 2.30. The van der Waals surface area contributed by atoms with E-state index >= 15 is 0 Å². The summed E-state index contributed by atoms with van der Waals surface area (Å²) in [5, 5.41) is 2.98. The van der Waals surface area contributed by atoms with Gasteiger partial charge in [-0.3, -0.25) is 0 Å². The van der Waals surface area contributed by atoms with Crippen molar-refractivity contribution in [2.75, 3.05) is 12.4 Å². The SMILES string of the molecule is CNS(=O)(=O)c1ccc(Nc2ccc(C(F)(F)F)cn2)c(-c2cn3c(n2)CCC3C)c1. The first kappa shape index (κ1) is 21.3. The Morgan fingerprint density at radius 3 is 2.58 bits per heavy atom. The zero-order valence-electron chi connectivity index (χ0n) is 16.7. The van der Waals surface area contributed by atoms with Crippen LogP contribution in [-0.2, 0) is 22.6 Å². The van der Waals surface area contributed by atoms with Crippen LogP contribution in [0.25, 0.3) is 11.3 Å². The van der Waals surface area contributed by atoms with E-state index in [0.717, 1.165) is 30.9 Å². The maximum absolute atomic E-state index is 12.8. The van der Waals surface area contributed by atoms with Crippen LogP contribution in [0.3, 0.4) is 0 Å². The monoisotopic (exact) mass is 451 g/mol. The van der Waals surface area contributed by atoms with Crippen molar-refractivity contribution in [3.63, 3.8) is 0 Å². The fourth-order valence-electron chi connectivity index (χ4n) is 3.51. The molecule has 1 unspecified atom stereocenters. The first-order chi connectivity index (χ1) is 14.6. The summed E-state index contributed by atoms with van der Waals surface area (Å²) in [6.45, 7) is 2.08. The number of nitrogens with one attached hydrogen (secondary N) is 2. The minimum absolute atomic E-state index is 0.0529. The largest absolute Gasteiger partial charge is 0.417 e. The Morgan fingerprint density at radius 2 is 1.97 bits per heavy atom.